The molecule has 0 N–H and O–H groups in total. The largest absolute Gasteiger partial charge is 0.207 e. The van der Waals surface area contributed by atoms with Crippen LogP contribution in [-0.2, 0) is 6.42 Å². The lowest BCUT2D eigenvalue weighted by Crippen LogP contribution is -1.96. The molecule has 0 bridgehead atoms. The Kier molecular flexibility index (Phi) is 3.80. The predicted molar refractivity (Wildman–Crippen MR) is 69.9 cm³/mol. The fraction of sp³-hybridized carbons (Fsp3) is 0.200. The van der Waals surface area contributed by atoms with Crippen LogP contribution in [0.2, 0.25) is 0 Å². The molecule has 0 fully saturated rings. The van der Waals surface area contributed by atoms with Crippen LogP contribution in [0.3, 0.4) is 0 Å². The van der Waals surface area contributed by atoms with Crippen molar-refractivity contribution < 1.29 is 4.39 Å². The molecule has 1 unspecified atom stereocenters. The van der Waals surface area contributed by atoms with Crippen LogP contribution in [0.25, 0.3) is 0 Å². The number of hydrogen-bond acceptors (Lipinski definition) is 0. The molecular formula is C15H14ClF. The summed E-state index contributed by atoms with van der Waals surface area (Å²) in [5.41, 5.74) is 3.22. The van der Waals surface area contributed by atoms with Gasteiger partial charge in [0.05, 0.1) is 5.38 Å². The number of halogens is 2. The molecule has 1 atom stereocenters. The SMILES string of the molecule is Cc1cccc(CC(Cl)c2cccc(F)c2)c1. The Balaban J connectivity index is 2.14. The Morgan fingerprint density at radius 1 is 1.12 bits per heavy atom. The summed E-state index contributed by atoms with van der Waals surface area (Å²) in [6.07, 6.45) is 0.715. The number of hydrogen-bond donors (Lipinski definition) is 0. The zero-order chi connectivity index (χ0) is 12.3. The molecule has 2 aromatic rings. The van der Waals surface area contributed by atoms with E-state index < -0.39 is 0 Å². The van der Waals surface area contributed by atoms with E-state index in [2.05, 4.69) is 19.1 Å². The van der Waals surface area contributed by atoms with Gasteiger partial charge in [-0.1, -0.05) is 42.0 Å². The summed E-state index contributed by atoms with van der Waals surface area (Å²) in [4.78, 5) is 0. The van der Waals surface area contributed by atoms with Crippen molar-refractivity contribution in [1.29, 1.82) is 0 Å². The van der Waals surface area contributed by atoms with E-state index in [0.717, 1.165) is 5.56 Å². The molecule has 2 aromatic carbocycles. The van der Waals surface area contributed by atoms with E-state index in [0.29, 0.717) is 6.42 Å². The number of rotatable bonds is 3. The third-order valence-corrected chi connectivity index (χ3v) is 3.11. The van der Waals surface area contributed by atoms with E-state index in [1.807, 2.05) is 18.2 Å². The van der Waals surface area contributed by atoms with Crippen LogP contribution in [0.5, 0.6) is 0 Å². The molecule has 17 heavy (non-hydrogen) atoms. The third kappa shape index (κ3) is 3.31. The van der Waals surface area contributed by atoms with E-state index >= 15 is 0 Å². The Morgan fingerprint density at radius 2 is 1.88 bits per heavy atom. The van der Waals surface area contributed by atoms with Gasteiger partial charge in [0, 0.05) is 0 Å². The standard InChI is InChI=1S/C15H14ClF/c1-11-4-2-5-12(8-11)9-15(16)13-6-3-7-14(17)10-13/h2-8,10,15H,9H2,1H3. The van der Waals surface area contributed by atoms with E-state index in [1.54, 1.807) is 6.07 Å². The lowest BCUT2D eigenvalue weighted by Gasteiger charge is -2.10. The predicted octanol–water partition coefficient (Wildman–Crippen LogP) is 4.66. The maximum atomic E-state index is 13.1. The molecule has 0 aliphatic heterocycles. The molecule has 88 valence electrons. The second-order valence-electron chi connectivity index (χ2n) is 4.22. The summed E-state index contributed by atoms with van der Waals surface area (Å²) in [6.45, 7) is 2.05. The molecule has 2 rings (SSSR count). The van der Waals surface area contributed by atoms with Crippen molar-refractivity contribution in [3.63, 3.8) is 0 Å². The molecule has 0 aliphatic carbocycles. The van der Waals surface area contributed by atoms with Crippen molar-refractivity contribution in [1.82, 2.24) is 0 Å². The van der Waals surface area contributed by atoms with Gasteiger partial charge in [0.1, 0.15) is 5.82 Å². The van der Waals surface area contributed by atoms with Gasteiger partial charge in [-0.05, 0) is 36.6 Å². The van der Waals surface area contributed by atoms with Crippen LogP contribution in [0.4, 0.5) is 4.39 Å². The minimum atomic E-state index is -0.239. The molecule has 2 heteroatoms. The first kappa shape index (κ1) is 12.1. The van der Waals surface area contributed by atoms with Crippen molar-refractivity contribution in [3.8, 4) is 0 Å². The minimum Gasteiger partial charge on any atom is -0.207 e. The molecule has 0 radical (unpaired) electrons. The Hall–Kier alpha value is -1.34. The average Bonchev–Trinajstić information content (AvgIpc) is 2.29. The lowest BCUT2D eigenvalue weighted by atomic mass is 10.0. The zero-order valence-corrected chi connectivity index (χ0v) is 10.4. The van der Waals surface area contributed by atoms with Crippen molar-refractivity contribution in [3.05, 3.63) is 71.0 Å². The van der Waals surface area contributed by atoms with Crippen molar-refractivity contribution in [2.45, 2.75) is 18.7 Å². The van der Waals surface area contributed by atoms with E-state index in [4.69, 9.17) is 11.6 Å². The molecule has 0 spiro atoms. The fourth-order valence-corrected chi connectivity index (χ4v) is 2.18. The molecular weight excluding hydrogens is 235 g/mol. The second kappa shape index (κ2) is 5.33. The van der Waals surface area contributed by atoms with E-state index in [9.17, 15) is 4.39 Å². The van der Waals surface area contributed by atoms with Gasteiger partial charge < -0.3 is 0 Å². The summed E-state index contributed by atoms with van der Waals surface area (Å²) in [5, 5.41) is -0.188. The highest BCUT2D eigenvalue weighted by Crippen LogP contribution is 2.25. The zero-order valence-electron chi connectivity index (χ0n) is 9.66. The molecule has 0 nitrogen and oxygen atoms in total. The molecule has 0 amide bonds. The van der Waals surface area contributed by atoms with Gasteiger partial charge in [-0.15, -0.1) is 11.6 Å². The van der Waals surface area contributed by atoms with Gasteiger partial charge in [0.15, 0.2) is 0 Å². The van der Waals surface area contributed by atoms with E-state index in [-0.39, 0.29) is 11.2 Å². The van der Waals surface area contributed by atoms with Crippen LogP contribution < -0.4 is 0 Å². The van der Waals surface area contributed by atoms with Crippen LogP contribution in [-0.4, -0.2) is 0 Å². The van der Waals surface area contributed by atoms with Gasteiger partial charge >= 0.3 is 0 Å². The Labute approximate surface area is 106 Å². The maximum Gasteiger partial charge on any atom is 0.123 e. The first-order valence-electron chi connectivity index (χ1n) is 5.60. The van der Waals surface area contributed by atoms with Crippen LogP contribution >= 0.6 is 11.6 Å². The molecule has 0 saturated carbocycles. The average molecular weight is 249 g/mol. The van der Waals surface area contributed by atoms with Crippen molar-refractivity contribution in [2.24, 2.45) is 0 Å². The monoisotopic (exact) mass is 248 g/mol. The van der Waals surface area contributed by atoms with Gasteiger partial charge in [0.25, 0.3) is 0 Å². The smallest absolute Gasteiger partial charge is 0.123 e. The molecule has 0 aliphatic rings. The van der Waals surface area contributed by atoms with E-state index in [1.165, 1.54) is 23.3 Å². The van der Waals surface area contributed by atoms with Gasteiger partial charge in [0.2, 0.25) is 0 Å². The number of benzene rings is 2. The lowest BCUT2D eigenvalue weighted by molar-refractivity contribution is 0.624. The topological polar surface area (TPSA) is 0 Å². The second-order valence-corrected chi connectivity index (χ2v) is 4.74. The maximum absolute atomic E-state index is 13.1. The summed E-state index contributed by atoms with van der Waals surface area (Å²) >= 11 is 6.30. The Bertz CT molecular complexity index is 508. The quantitative estimate of drug-likeness (QED) is 0.694. The third-order valence-electron chi connectivity index (χ3n) is 2.71. The Morgan fingerprint density at radius 3 is 2.59 bits per heavy atom. The van der Waals surface area contributed by atoms with Crippen LogP contribution in [0.1, 0.15) is 22.1 Å². The van der Waals surface area contributed by atoms with Gasteiger partial charge in [-0.3, -0.25) is 0 Å². The first-order valence-corrected chi connectivity index (χ1v) is 6.04. The van der Waals surface area contributed by atoms with Gasteiger partial charge in [-0.2, -0.15) is 0 Å². The van der Waals surface area contributed by atoms with Crippen molar-refractivity contribution in [2.75, 3.05) is 0 Å². The highest BCUT2D eigenvalue weighted by atomic mass is 35.5. The number of aryl methyl sites for hydroxylation is 1. The number of alkyl halides is 1. The first-order chi connectivity index (χ1) is 8.15. The van der Waals surface area contributed by atoms with Gasteiger partial charge in [-0.25, -0.2) is 4.39 Å². The minimum absolute atomic E-state index is 0.188. The summed E-state index contributed by atoms with van der Waals surface area (Å²) in [7, 11) is 0. The van der Waals surface area contributed by atoms with Crippen LogP contribution in [0.15, 0.2) is 48.5 Å². The van der Waals surface area contributed by atoms with Crippen molar-refractivity contribution >= 4 is 11.6 Å². The summed E-state index contributed by atoms with van der Waals surface area (Å²) < 4.78 is 13.1. The molecule has 0 aromatic heterocycles. The normalized spacial score (nSPS) is 12.4. The van der Waals surface area contributed by atoms with Crippen LogP contribution in [0, 0.1) is 12.7 Å². The summed E-state index contributed by atoms with van der Waals surface area (Å²) in [5.74, 6) is -0.239. The highest BCUT2D eigenvalue weighted by Gasteiger charge is 2.09. The summed E-state index contributed by atoms with van der Waals surface area (Å²) in [6, 6.07) is 14.7. The highest BCUT2D eigenvalue weighted by molar-refractivity contribution is 6.20. The fourth-order valence-electron chi connectivity index (χ4n) is 1.87. The molecule has 0 saturated heterocycles. The molecule has 0 heterocycles.